The summed E-state index contributed by atoms with van der Waals surface area (Å²) >= 11 is 1.17. The molecule has 1 fully saturated rings. The molecule has 1 aliphatic heterocycles. The molecule has 1 saturated heterocycles. The van der Waals surface area contributed by atoms with Gasteiger partial charge in [0.15, 0.2) is 5.69 Å². The van der Waals surface area contributed by atoms with Crippen molar-refractivity contribution in [3.8, 4) is 0 Å². The number of piperidine rings is 1. The Morgan fingerprint density at radius 1 is 1.21 bits per heavy atom. The van der Waals surface area contributed by atoms with Crippen molar-refractivity contribution in [2.45, 2.75) is 63.1 Å². The average Bonchev–Trinajstić information content (AvgIpc) is 3.36. The van der Waals surface area contributed by atoms with Gasteiger partial charge in [-0.1, -0.05) is 32.8 Å². The number of H-pyrrole nitrogens is 1. The number of nitrogens with two attached hydrogens (primary N) is 1. The van der Waals surface area contributed by atoms with E-state index in [1.807, 2.05) is 13.8 Å². The SMILES string of the molecule is CCCCN(C(=O)C1CCN(S(=O)(=O)c2cccs2)CC1)c1c(N)n(CCCC)c(=O)[nH]c1=O. The van der Waals surface area contributed by atoms with Crippen molar-refractivity contribution in [1.29, 1.82) is 0 Å². The Hall–Kier alpha value is -2.44. The lowest BCUT2D eigenvalue weighted by molar-refractivity contribution is -0.123. The van der Waals surface area contributed by atoms with Gasteiger partial charge in [-0.2, -0.15) is 4.31 Å². The maximum absolute atomic E-state index is 13.6. The van der Waals surface area contributed by atoms with Crippen molar-refractivity contribution in [3.05, 3.63) is 38.4 Å². The molecule has 10 nitrogen and oxygen atoms in total. The number of thiophene rings is 1. The van der Waals surface area contributed by atoms with Crippen LogP contribution < -0.4 is 21.9 Å². The topological polar surface area (TPSA) is 139 Å². The van der Waals surface area contributed by atoms with Crippen LogP contribution in [0.2, 0.25) is 0 Å². The number of aromatic nitrogens is 2. The summed E-state index contributed by atoms with van der Waals surface area (Å²) in [6, 6.07) is 3.27. The Bertz CT molecular complexity index is 1200. The molecular formula is C22H33N5O5S2. The van der Waals surface area contributed by atoms with Crippen molar-refractivity contribution in [3.63, 3.8) is 0 Å². The van der Waals surface area contributed by atoms with Crippen LogP contribution >= 0.6 is 11.3 Å². The number of rotatable bonds is 10. The van der Waals surface area contributed by atoms with Crippen LogP contribution in [0.15, 0.2) is 31.3 Å². The van der Waals surface area contributed by atoms with E-state index < -0.39 is 27.2 Å². The molecule has 3 N–H and O–H groups in total. The minimum atomic E-state index is -3.57. The fourth-order valence-electron chi connectivity index (χ4n) is 4.13. The summed E-state index contributed by atoms with van der Waals surface area (Å²) in [7, 11) is -3.57. The highest BCUT2D eigenvalue weighted by Gasteiger charge is 2.35. The van der Waals surface area contributed by atoms with Gasteiger partial charge < -0.3 is 10.6 Å². The number of hydrogen-bond donors (Lipinski definition) is 2. The van der Waals surface area contributed by atoms with Gasteiger partial charge in [0.2, 0.25) is 5.91 Å². The molecular weight excluding hydrogens is 478 g/mol. The molecule has 0 unspecified atom stereocenters. The van der Waals surface area contributed by atoms with Gasteiger partial charge in [-0.15, -0.1) is 11.3 Å². The lowest BCUT2D eigenvalue weighted by Crippen LogP contribution is -2.47. The second-order valence-corrected chi connectivity index (χ2v) is 11.6. The Labute approximate surface area is 203 Å². The minimum absolute atomic E-state index is 0.00258. The molecule has 3 heterocycles. The molecule has 0 saturated carbocycles. The smallest absolute Gasteiger partial charge is 0.330 e. The van der Waals surface area contributed by atoms with Crippen LogP contribution in [0.3, 0.4) is 0 Å². The largest absolute Gasteiger partial charge is 0.383 e. The summed E-state index contributed by atoms with van der Waals surface area (Å²) in [5.74, 6) is -0.717. The number of sulfonamides is 1. The first-order valence-corrected chi connectivity index (χ1v) is 14.0. The molecule has 188 valence electrons. The molecule has 1 amide bonds. The zero-order valence-electron chi connectivity index (χ0n) is 19.7. The predicted octanol–water partition coefficient (Wildman–Crippen LogP) is 2.21. The fraction of sp³-hybridized carbons (Fsp3) is 0.591. The molecule has 0 atom stereocenters. The Morgan fingerprint density at radius 2 is 1.88 bits per heavy atom. The van der Waals surface area contributed by atoms with E-state index >= 15 is 0 Å². The molecule has 12 heteroatoms. The quantitative estimate of drug-likeness (QED) is 0.501. The van der Waals surface area contributed by atoms with Crippen LogP contribution in [0.25, 0.3) is 0 Å². The van der Waals surface area contributed by atoms with E-state index in [-0.39, 0.29) is 34.7 Å². The molecule has 3 rings (SSSR count). The summed E-state index contributed by atoms with van der Waals surface area (Å²) in [4.78, 5) is 42.4. The van der Waals surface area contributed by atoms with Crippen molar-refractivity contribution in [2.75, 3.05) is 30.3 Å². The number of nitrogens with zero attached hydrogens (tertiary/aromatic N) is 3. The number of carbonyl (C=O) groups is 1. The first kappa shape index (κ1) is 26.2. The predicted molar refractivity (Wildman–Crippen MR) is 134 cm³/mol. The molecule has 0 radical (unpaired) electrons. The highest BCUT2D eigenvalue weighted by molar-refractivity contribution is 7.91. The van der Waals surface area contributed by atoms with E-state index in [2.05, 4.69) is 4.98 Å². The van der Waals surface area contributed by atoms with Crippen LogP contribution in [0.5, 0.6) is 0 Å². The molecule has 0 spiro atoms. The van der Waals surface area contributed by atoms with Gasteiger partial charge in [0.1, 0.15) is 10.0 Å². The Balaban J connectivity index is 1.85. The number of unbranched alkanes of at least 4 members (excludes halogenated alkanes) is 2. The third-order valence-corrected chi connectivity index (χ3v) is 9.38. The standard InChI is InChI=1S/C22H33N5O5S2/c1-3-5-11-26(18-19(23)27(12-6-4-2)22(30)24-20(18)28)21(29)16-9-13-25(14-10-16)34(31,32)17-8-7-15-33-17/h7-8,15-16H,3-6,9-14,23H2,1-2H3,(H,24,28,30). The van der Waals surface area contributed by atoms with Crippen LogP contribution in [0.4, 0.5) is 11.5 Å². The van der Waals surface area contributed by atoms with E-state index in [1.54, 1.807) is 17.5 Å². The fourth-order valence-corrected chi connectivity index (χ4v) is 6.74. The summed E-state index contributed by atoms with van der Waals surface area (Å²) in [5.41, 5.74) is 4.99. The van der Waals surface area contributed by atoms with E-state index in [4.69, 9.17) is 5.73 Å². The maximum atomic E-state index is 13.6. The lowest BCUT2D eigenvalue weighted by Gasteiger charge is -2.33. The average molecular weight is 512 g/mol. The third-order valence-electron chi connectivity index (χ3n) is 6.11. The number of aromatic amines is 1. The maximum Gasteiger partial charge on any atom is 0.330 e. The highest BCUT2D eigenvalue weighted by Crippen LogP contribution is 2.29. The normalized spacial score (nSPS) is 15.5. The first-order valence-electron chi connectivity index (χ1n) is 11.7. The van der Waals surface area contributed by atoms with Crippen molar-refractivity contribution >= 4 is 38.8 Å². The number of nitrogens with one attached hydrogen (secondary N) is 1. The molecule has 0 aliphatic carbocycles. The van der Waals surface area contributed by atoms with Crippen molar-refractivity contribution < 1.29 is 13.2 Å². The van der Waals surface area contributed by atoms with E-state index in [0.717, 1.165) is 12.8 Å². The molecule has 0 bridgehead atoms. The monoisotopic (exact) mass is 511 g/mol. The number of carbonyl (C=O) groups excluding carboxylic acids is 1. The van der Waals surface area contributed by atoms with Gasteiger partial charge in [0.25, 0.3) is 15.6 Å². The van der Waals surface area contributed by atoms with Crippen LogP contribution in [-0.2, 0) is 21.4 Å². The van der Waals surface area contributed by atoms with Crippen LogP contribution in [0, 0.1) is 5.92 Å². The van der Waals surface area contributed by atoms with Gasteiger partial charge in [0, 0.05) is 32.1 Å². The number of anilines is 2. The molecule has 2 aromatic heterocycles. The number of hydrogen-bond acceptors (Lipinski definition) is 7. The van der Waals surface area contributed by atoms with Gasteiger partial charge in [-0.3, -0.25) is 19.1 Å². The van der Waals surface area contributed by atoms with Gasteiger partial charge in [-0.05, 0) is 37.1 Å². The van der Waals surface area contributed by atoms with Crippen molar-refractivity contribution in [2.24, 2.45) is 5.92 Å². The summed E-state index contributed by atoms with van der Waals surface area (Å²) in [6.45, 7) is 5.05. The summed E-state index contributed by atoms with van der Waals surface area (Å²) in [6.07, 6.45) is 3.69. The number of nitrogen functional groups attached to an aromatic ring is 1. The highest BCUT2D eigenvalue weighted by atomic mass is 32.2. The molecule has 0 aromatic carbocycles. The second-order valence-electron chi connectivity index (χ2n) is 8.45. The van der Waals surface area contributed by atoms with Crippen LogP contribution in [-0.4, -0.2) is 47.8 Å². The third kappa shape index (κ3) is 5.44. The van der Waals surface area contributed by atoms with Gasteiger partial charge >= 0.3 is 5.69 Å². The van der Waals surface area contributed by atoms with Crippen molar-refractivity contribution in [1.82, 2.24) is 13.9 Å². The minimum Gasteiger partial charge on any atom is -0.383 e. The molecule has 1 aliphatic rings. The summed E-state index contributed by atoms with van der Waals surface area (Å²) < 4.78 is 28.6. The number of amides is 1. The van der Waals surface area contributed by atoms with E-state index in [9.17, 15) is 22.8 Å². The second kappa shape index (κ2) is 11.3. The zero-order valence-corrected chi connectivity index (χ0v) is 21.3. The van der Waals surface area contributed by atoms with Gasteiger partial charge in [0.05, 0.1) is 0 Å². The summed E-state index contributed by atoms with van der Waals surface area (Å²) in [5, 5.41) is 1.72. The zero-order chi connectivity index (χ0) is 24.9. The molecule has 2 aromatic rings. The Morgan fingerprint density at radius 3 is 2.47 bits per heavy atom. The van der Waals surface area contributed by atoms with Gasteiger partial charge in [-0.25, -0.2) is 13.2 Å². The van der Waals surface area contributed by atoms with E-state index in [0.29, 0.717) is 38.8 Å². The van der Waals surface area contributed by atoms with E-state index in [1.165, 1.54) is 25.1 Å². The first-order chi connectivity index (χ1) is 16.2. The Kier molecular flexibility index (Phi) is 8.72. The van der Waals surface area contributed by atoms with Crippen LogP contribution in [0.1, 0.15) is 52.4 Å². The molecule has 34 heavy (non-hydrogen) atoms. The lowest BCUT2D eigenvalue weighted by atomic mass is 9.96.